The van der Waals surface area contributed by atoms with Crippen molar-refractivity contribution in [3.05, 3.63) is 70.5 Å². The molecule has 3 aromatic rings. The first-order valence-electron chi connectivity index (χ1n) is 10.2. The van der Waals surface area contributed by atoms with Gasteiger partial charge in [-0.1, -0.05) is 67.0 Å². The molecule has 9 heteroatoms. The summed E-state index contributed by atoms with van der Waals surface area (Å²) in [4.78, 5) is 25.1. The largest absolute Gasteiger partial charge is 0.342 e. The van der Waals surface area contributed by atoms with E-state index >= 15 is 0 Å². The second-order valence-corrected chi connectivity index (χ2v) is 9.13. The van der Waals surface area contributed by atoms with E-state index in [0.29, 0.717) is 27.3 Å². The lowest BCUT2D eigenvalue weighted by molar-refractivity contribution is -0.113. The zero-order chi connectivity index (χ0) is 23.3. The average molecular weight is 472 g/mol. The van der Waals surface area contributed by atoms with Gasteiger partial charge in [-0.05, 0) is 37.1 Å². The van der Waals surface area contributed by atoms with Crippen LogP contribution in [0.15, 0.2) is 53.7 Å². The Labute approximate surface area is 197 Å². The molecular formula is C23H26ClN5O2S. The summed E-state index contributed by atoms with van der Waals surface area (Å²) >= 11 is 7.36. The number of hydrogen-bond acceptors (Lipinski definition) is 5. The topological polar surface area (TPSA) is 88.9 Å². The number of rotatable bonds is 8. The number of aromatic nitrogens is 3. The van der Waals surface area contributed by atoms with E-state index in [-0.39, 0.29) is 29.5 Å². The monoisotopic (exact) mass is 471 g/mol. The number of amides is 2. The summed E-state index contributed by atoms with van der Waals surface area (Å²) in [6.45, 7) is 6.00. The lowest BCUT2D eigenvalue weighted by Gasteiger charge is -2.21. The number of anilines is 1. The summed E-state index contributed by atoms with van der Waals surface area (Å²) in [7, 11) is 1.83. The summed E-state index contributed by atoms with van der Waals surface area (Å²) in [6, 6.07) is 14.2. The van der Waals surface area contributed by atoms with Crippen LogP contribution in [-0.4, -0.2) is 32.3 Å². The number of carbonyl (C=O) groups excluding carboxylic acids is 2. The molecule has 1 heterocycles. The number of halogens is 1. The Bertz CT molecular complexity index is 1100. The van der Waals surface area contributed by atoms with E-state index in [1.807, 2.05) is 44.5 Å². The maximum absolute atomic E-state index is 12.7. The van der Waals surface area contributed by atoms with Crippen molar-refractivity contribution in [2.24, 2.45) is 13.0 Å². The number of carbonyl (C=O) groups is 2. The molecule has 0 unspecified atom stereocenters. The highest BCUT2D eigenvalue weighted by Gasteiger charge is 2.25. The van der Waals surface area contributed by atoms with Crippen molar-refractivity contribution >= 4 is 40.9 Å². The minimum Gasteiger partial charge on any atom is -0.342 e. The van der Waals surface area contributed by atoms with Gasteiger partial charge >= 0.3 is 0 Å². The van der Waals surface area contributed by atoms with Crippen LogP contribution in [0.5, 0.6) is 0 Å². The normalized spacial score (nSPS) is 11.9. The molecule has 3 rings (SSSR count). The number of aryl methyl sites for hydroxylation is 1. The van der Waals surface area contributed by atoms with Crippen LogP contribution >= 0.6 is 23.4 Å². The van der Waals surface area contributed by atoms with Crippen LogP contribution in [-0.2, 0) is 11.8 Å². The van der Waals surface area contributed by atoms with E-state index in [9.17, 15) is 9.59 Å². The molecule has 0 aliphatic rings. The van der Waals surface area contributed by atoms with Crippen molar-refractivity contribution in [3.8, 4) is 0 Å². The van der Waals surface area contributed by atoms with Crippen molar-refractivity contribution in [3.63, 3.8) is 0 Å². The van der Waals surface area contributed by atoms with E-state index in [1.165, 1.54) is 11.8 Å². The van der Waals surface area contributed by atoms with Gasteiger partial charge in [0.2, 0.25) is 5.91 Å². The van der Waals surface area contributed by atoms with E-state index in [2.05, 4.69) is 20.8 Å². The Balaban J connectivity index is 1.67. The number of nitrogens with zero attached hydrogens (tertiary/aromatic N) is 3. The van der Waals surface area contributed by atoms with Gasteiger partial charge in [0, 0.05) is 12.6 Å². The van der Waals surface area contributed by atoms with Crippen molar-refractivity contribution in [1.29, 1.82) is 0 Å². The van der Waals surface area contributed by atoms with Crippen molar-refractivity contribution in [2.45, 2.75) is 32.0 Å². The zero-order valence-corrected chi connectivity index (χ0v) is 20.0. The van der Waals surface area contributed by atoms with Gasteiger partial charge in [-0.2, -0.15) is 0 Å². The minimum absolute atomic E-state index is 0.0914. The second kappa shape index (κ2) is 10.7. The lowest BCUT2D eigenvalue weighted by Crippen LogP contribution is -2.33. The van der Waals surface area contributed by atoms with Crippen LogP contribution in [0.1, 0.15) is 41.6 Å². The lowest BCUT2D eigenvalue weighted by atomic mass is 10.0. The molecule has 168 valence electrons. The van der Waals surface area contributed by atoms with E-state index in [1.54, 1.807) is 36.4 Å². The van der Waals surface area contributed by atoms with Crippen LogP contribution in [0.25, 0.3) is 0 Å². The summed E-state index contributed by atoms with van der Waals surface area (Å²) in [5.41, 5.74) is 2.25. The molecular weight excluding hydrogens is 446 g/mol. The zero-order valence-electron chi connectivity index (χ0n) is 18.4. The van der Waals surface area contributed by atoms with E-state index in [0.717, 1.165) is 5.56 Å². The van der Waals surface area contributed by atoms with Crippen molar-refractivity contribution in [1.82, 2.24) is 20.1 Å². The predicted octanol–water partition coefficient (Wildman–Crippen LogP) is 4.63. The minimum atomic E-state index is -0.326. The highest BCUT2D eigenvalue weighted by atomic mass is 35.5. The quantitative estimate of drug-likeness (QED) is 0.467. The van der Waals surface area contributed by atoms with E-state index < -0.39 is 0 Å². The first kappa shape index (κ1) is 23.8. The van der Waals surface area contributed by atoms with Crippen LogP contribution < -0.4 is 10.6 Å². The smallest absolute Gasteiger partial charge is 0.251 e. The Morgan fingerprint density at radius 2 is 1.78 bits per heavy atom. The summed E-state index contributed by atoms with van der Waals surface area (Å²) < 4.78 is 1.81. The summed E-state index contributed by atoms with van der Waals surface area (Å²) in [5, 5.41) is 15.4. The van der Waals surface area contributed by atoms with Crippen LogP contribution in [0.3, 0.4) is 0 Å². The number of para-hydroxylation sites is 1. The van der Waals surface area contributed by atoms with Crippen LogP contribution in [0.2, 0.25) is 5.02 Å². The molecule has 1 aromatic heterocycles. The molecule has 2 amide bonds. The average Bonchev–Trinajstić information content (AvgIpc) is 3.12. The summed E-state index contributed by atoms with van der Waals surface area (Å²) in [5.74, 6) is 0.517. The third-order valence-electron chi connectivity index (χ3n) is 4.89. The van der Waals surface area contributed by atoms with Crippen molar-refractivity contribution < 1.29 is 9.59 Å². The van der Waals surface area contributed by atoms with Gasteiger partial charge in [-0.15, -0.1) is 10.2 Å². The molecule has 0 spiro atoms. The first-order valence-corrected chi connectivity index (χ1v) is 11.6. The molecule has 0 aliphatic heterocycles. The molecule has 7 nitrogen and oxygen atoms in total. The van der Waals surface area contributed by atoms with Gasteiger partial charge in [0.15, 0.2) is 11.0 Å². The Kier molecular flexibility index (Phi) is 7.93. The molecule has 1 atom stereocenters. The van der Waals surface area contributed by atoms with Gasteiger partial charge < -0.3 is 15.2 Å². The van der Waals surface area contributed by atoms with Gasteiger partial charge in [-0.3, -0.25) is 9.59 Å². The molecule has 32 heavy (non-hydrogen) atoms. The Morgan fingerprint density at radius 3 is 2.44 bits per heavy atom. The Morgan fingerprint density at radius 1 is 1.09 bits per heavy atom. The van der Waals surface area contributed by atoms with Gasteiger partial charge in [-0.25, -0.2) is 0 Å². The molecule has 0 radical (unpaired) electrons. The molecule has 0 bridgehead atoms. The maximum Gasteiger partial charge on any atom is 0.251 e. The van der Waals surface area contributed by atoms with Gasteiger partial charge in [0.25, 0.3) is 5.91 Å². The number of hydrogen-bond donors (Lipinski definition) is 2. The SMILES string of the molecule is Cc1ccc(C(=O)N[C@H](c2nnc(SCC(=O)Nc3ccccc3Cl)n2C)C(C)C)cc1. The number of nitrogens with one attached hydrogen (secondary N) is 2. The molecule has 0 saturated heterocycles. The van der Waals surface area contributed by atoms with Crippen molar-refractivity contribution in [2.75, 3.05) is 11.1 Å². The second-order valence-electron chi connectivity index (χ2n) is 7.78. The number of thioether (sulfide) groups is 1. The highest BCUT2D eigenvalue weighted by molar-refractivity contribution is 7.99. The predicted molar refractivity (Wildman–Crippen MR) is 128 cm³/mol. The first-order chi connectivity index (χ1) is 15.3. The fourth-order valence-electron chi connectivity index (χ4n) is 3.06. The standard InChI is InChI=1S/C23H26ClN5O2S/c1-14(2)20(26-22(31)16-11-9-15(3)10-12-16)21-27-28-23(29(21)4)32-13-19(30)25-18-8-6-5-7-17(18)24/h5-12,14,20H,13H2,1-4H3,(H,25,30)(H,26,31)/t20-/m0/s1. The maximum atomic E-state index is 12.7. The van der Waals surface area contributed by atoms with Crippen LogP contribution in [0, 0.1) is 12.8 Å². The van der Waals surface area contributed by atoms with E-state index in [4.69, 9.17) is 11.6 Å². The Hall–Kier alpha value is -2.84. The summed E-state index contributed by atoms with van der Waals surface area (Å²) in [6.07, 6.45) is 0. The third-order valence-corrected chi connectivity index (χ3v) is 6.24. The molecule has 0 saturated carbocycles. The van der Waals surface area contributed by atoms with Gasteiger partial charge in [0.1, 0.15) is 0 Å². The fraction of sp³-hybridized carbons (Fsp3) is 0.304. The molecule has 2 N–H and O–H groups in total. The number of benzene rings is 2. The molecule has 0 aliphatic carbocycles. The highest BCUT2D eigenvalue weighted by Crippen LogP contribution is 2.25. The third kappa shape index (κ3) is 5.89. The fourth-order valence-corrected chi connectivity index (χ4v) is 3.96. The molecule has 0 fully saturated rings. The van der Waals surface area contributed by atoms with Gasteiger partial charge in [0.05, 0.1) is 22.5 Å². The van der Waals surface area contributed by atoms with Crippen LogP contribution in [0.4, 0.5) is 5.69 Å². The molecule has 2 aromatic carbocycles.